The summed E-state index contributed by atoms with van der Waals surface area (Å²) in [7, 11) is 0. The quantitative estimate of drug-likeness (QED) is 0.466. The fourth-order valence-electron chi connectivity index (χ4n) is 2.04. The molecule has 1 atom stereocenters. The van der Waals surface area contributed by atoms with Crippen LogP contribution in [0.2, 0.25) is 0 Å². The highest BCUT2D eigenvalue weighted by Crippen LogP contribution is 2.31. The van der Waals surface area contributed by atoms with E-state index in [4.69, 9.17) is 0 Å². The summed E-state index contributed by atoms with van der Waals surface area (Å²) in [5.74, 6) is -0.593. The lowest BCUT2D eigenvalue weighted by atomic mass is 9.95. The van der Waals surface area contributed by atoms with Gasteiger partial charge in [-0.1, -0.05) is 18.2 Å². The molecule has 1 saturated heterocycles. The number of rotatable bonds is 0. The Morgan fingerprint density at radius 1 is 0.882 bits per heavy atom. The van der Waals surface area contributed by atoms with Crippen LogP contribution in [-0.4, -0.2) is 18.0 Å². The first-order valence-electron chi connectivity index (χ1n) is 4.94. The Morgan fingerprint density at radius 3 is 2.24 bits per heavy atom. The molecule has 0 saturated carbocycles. The summed E-state index contributed by atoms with van der Waals surface area (Å²) in [5.41, 5.74) is -0.507. The van der Waals surface area contributed by atoms with Gasteiger partial charge in [0, 0.05) is 5.56 Å². The molecule has 2 heterocycles. The van der Waals surface area contributed by atoms with Gasteiger partial charge in [-0.2, -0.15) is 0 Å². The molecule has 7 nitrogen and oxygen atoms in total. The summed E-state index contributed by atoms with van der Waals surface area (Å²) >= 11 is 0. The lowest BCUT2D eigenvalue weighted by Gasteiger charge is -2.33. The number of fused-ring (bicyclic) bond motifs is 2. The van der Waals surface area contributed by atoms with Crippen LogP contribution >= 0.6 is 0 Å². The summed E-state index contributed by atoms with van der Waals surface area (Å²) < 4.78 is 0. The van der Waals surface area contributed by atoms with Crippen molar-refractivity contribution in [3.63, 3.8) is 0 Å². The lowest BCUT2D eigenvalue weighted by molar-refractivity contribution is -0.125. The maximum atomic E-state index is 11.8. The zero-order valence-electron chi connectivity index (χ0n) is 8.53. The first-order chi connectivity index (χ1) is 8.12. The molecule has 1 fully saturated rings. The third-order valence-electron chi connectivity index (χ3n) is 2.75. The second-order valence-electron chi connectivity index (χ2n) is 3.78. The summed E-state index contributed by atoms with van der Waals surface area (Å²) in [6.45, 7) is 0. The molecule has 0 bridgehead atoms. The van der Waals surface area contributed by atoms with E-state index >= 15 is 0 Å². The van der Waals surface area contributed by atoms with Crippen LogP contribution in [-0.2, 0) is 10.5 Å². The fourth-order valence-corrected chi connectivity index (χ4v) is 2.04. The van der Waals surface area contributed by atoms with Gasteiger partial charge >= 0.3 is 12.1 Å². The van der Waals surface area contributed by atoms with Crippen LogP contribution in [0.3, 0.4) is 0 Å². The minimum atomic E-state index is -1.50. The number of amides is 5. The van der Waals surface area contributed by atoms with Crippen LogP contribution in [0.15, 0.2) is 24.3 Å². The van der Waals surface area contributed by atoms with Crippen molar-refractivity contribution in [2.75, 3.05) is 5.32 Å². The number of hydrogen-bond acceptors (Lipinski definition) is 3. The first-order valence-corrected chi connectivity index (χ1v) is 4.94. The average molecular weight is 232 g/mol. The number of carbonyl (C=O) groups is 3. The molecule has 1 unspecified atom stereocenters. The van der Waals surface area contributed by atoms with Crippen molar-refractivity contribution in [2.45, 2.75) is 5.66 Å². The summed E-state index contributed by atoms with van der Waals surface area (Å²) in [5, 5.41) is 9.54. The first kappa shape index (κ1) is 9.64. The molecular weight excluding hydrogens is 224 g/mol. The Bertz CT molecular complexity index is 556. The number of urea groups is 2. The largest absolute Gasteiger partial charge is 0.324 e. The molecule has 0 aliphatic carbocycles. The zero-order chi connectivity index (χ0) is 12.0. The number of anilines is 1. The second kappa shape index (κ2) is 2.97. The number of hydrogen-bond donors (Lipinski definition) is 4. The molecule has 4 N–H and O–H groups in total. The van der Waals surface area contributed by atoms with Gasteiger partial charge in [-0.3, -0.25) is 10.1 Å². The van der Waals surface area contributed by atoms with Crippen LogP contribution in [0.1, 0.15) is 5.56 Å². The van der Waals surface area contributed by atoms with Gasteiger partial charge in [0.15, 0.2) is 0 Å². The maximum Gasteiger partial charge on any atom is 0.324 e. The molecule has 5 amide bonds. The molecule has 0 radical (unpaired) electrons. The van der Waals surface area contributed by atoms with Crippen molar-refractivity contribution in [2.24, 2.45) is 0 Å². The van der Waals surface area contributed by atoms with E-state index in [1.54, 1.807) is 24.3 Å². The van der Waals surface area contributed by atoms with E-state index in [0.29, 0.717) is 11.3 Å². The van der Waals surface area contributed by atoms with Crippen molar-refractivity contribution in [1.29, 1.82) is 0 Å². The Balaban J connectivity index is 2.21. The van der Waals surface area contributed by atoms with E-state index in [0.717, 1.165) is 0 Å². The van der Waals surface area contributed by atoms with Gasteiger partial charge in [-0.05, 0) is 6.07 Å². The number of benzene rings is 1. The highest BCUT2D eigenvalue weighted by atomic mass is 16.2. The standard InChI is InChI=1S/C10H8N4O3/c15-7-10(14-9(17)12-7)5-3-1-2-4-6(5)11-8(16)13-10/h1-4H,(H2,11,13,16)(H2,12,14,15,17). The predicted octanol–water partition coefficient (Wildman–Crippen LogP) is -0.186. The molecule has 3 rings (SSSR count). The van der Waals surface area contributed by atoms with Gasteiger partial charge in [0.1, 0.15) is 0 Å². The molecule has 2 aliphatic rings. The molecule has 0 aromatic heterocycles. The Labute approximate surface area is 95.6 Å². The average Bonchev–Trinajstić information content (AvgIpc) is 2.54. The van der Waals surface area contributed by atoms with Crippen LogP contribution < -0.4 is 21.3 Å². The molecule has 17 heavy (non-hydrogen) atoms. The summed E-state index contributed by atoms with van der Waals surface area (Å²) in [6.07, 6.45) is 0. The van der Waals surface area contributed by atoms with E-state index in [1.807, 2.05) is 0 Å². The van der Waals surface area contributed by atoms with Crippen LogP contribution in [0, 0.1) is 0 Å². The lowest BCUT2D eigenvalue weighted by Crippen LogP contribution is -2.61. The molecule has 1 spiro atoms. The number of imide groups is 1. The van der Waals surface area contributed by atoms with E-state index in [2.05, 4.69) is 21.3 Å². The molecule has 7 heteroatoms. The van der Waals surface area contributed by atoms with Crippen molar-refractivity contribution in [3.8, 4) is 0 Å². The maximum absolute atomic E-state index is 11.8. The van der Waals surface area contributed by atoms with E-state index in [9.17, 15) is 14.4 Å². The third-order valence-corrected chi connectivity index (χ3v) is 2.75. The van der Waals surface area contributed by atoms with Gasteiger partial charge in [-0.15, -0.1) is 0 Å². The van der Waals surface area contributed by atoms with Gasteiger partial charge in [0.2, 0.25) is 5.66 Å². The number of carbonyl (C=O) groups excluding carboxylic acids is 3. The van der Waals surface area contributed by atoms with Crippen molar-refractivity contribution < 1.29 is 14.4 Å². The molecule has 1 aromatic carbocycles. The highest BCUT2D eigenvalue weighted by molar-refractivity contribution is 6.11. The Kier molecular flexibility index (Phi) is 1.68. The minimum Gasteiger partial charge on any atom is -0.307 e. The predicted molar refractivity (Wildman–Crippen MR) is 56.9 cm³/mol. The number of para-hydroxylation sites is 1. The number of nitrogens with one attached hydrogen (secondary N) is 4. The monoisotopic (exact) mass is 232 g/mol. The summed E-state index contributed by atoms with van der Waals surface area (Å²) in [6, 6.07) is 5.60. The highest BCUT2D eigenvalue weighted by Gasteiger charge is 2.52. The minimum absolute atomic E-state index is 0.494. The smallest absolute Gasteiger partial charge is 0.307 e. The Morgan fingerprint density at radius 2 is 1.53 bits per heavy atom. The van der Waals surface area contributed by atoms with Crippen LogP contribution in [0.4, 0.5) is 15.3 Å². The fraction of sp³-hybridized carbons (Fsp3) is 0.100. The van der Waals surface area contributed by atoms with Crippen LogP contribution in [0.5, 0.6) is 0 Å². The topological polar surface area (TPSA) is 99.3 Å². The van der Waals surface area contributed by atoms with Gasteiger partial charge < -0.3 is 16.0 Å². The second-order valence-corrected chi connectivity index (χ2v) is 3.78. The Hall–Kier alpha value is -2.57. The van der Waals surface area contributed by atoms with Crippen molar-refractivity contribution in [3.05, 3.63) is 29.8 Å². The summed E-state index contributed by atoms with van der Waals surface area (Å²) in [4.78, 5) is 34.5. The SMILES string of the molecule is O=C1NC(=O)C2(N1)NC(=O)Nc1ccccc12. The molecule has 1 aromatic rings. The van der Waals surface area contributed by atoms with E-state index < -0.39 is 23.6 Å². The van der Waals surface area contributed by atoms with Gasteiger partial charge in [-0.25, -0.2) is 9.59 Å². The van der Waals surface area contributed by atoms with Crippen LogP contribution in [0.25, 0.3) is 0 Å². The van der Waals surface area contributed by atoms with Gasteiger partial charge in [0.05, 0.1) is 5.69 Å². The molecule has 86 valence electrons. The van der Waals surface area contributed by atoms with E-state index in [-0.39, 0.29) is 0 Å². The van der Waals surface area contributed by atoms with Gasteiger partial charge in [0.25, 0.3) is 5.91 Å². The van der Waals surface area contributed by atoms with E-state index in [1.165, 1.54) is 0 Å². The van der Waals surface area contributed by atoms with Crippen molar-refractivity contribution in [1.82, 2.24) is 16.0 Å². The molecule has 2 aliphatic heterocycles. The van der Waals surface area contributed by atoms with Crippen molar-refractivity contribution >= 4 is 23.7 Å². The normalized spacial score (nSPS) is 25.8. The third kappa shape index (κ3) is 1.19. The molecular formula is C10H8N4O3. The zero-order valence-corrected chi connectivity index (χ0v) is 8.53.